The Hall–Kier alpha value is -7.95. The van der Waals surface area contributed by atoms with Crippen LogP contribution in [-0.4, -0.2) is 19.6 Å². The number of hydrogen-bond donors (Lipinski definition) is 0. The van der Waals surface area contributed by atoms with Crippen molar-refractivity contribution < 1.29 is 0 Å². The predicted octanol–water partition coefficient (Wildman–Crippen LogP) is 14.1. The maximum atomic E-state index is 5.45. The van der Waals surface area contributed by atoms with Crippen LogP contribution in [0.2, 0.25) is 0 Å². The van der Waals surface area contributed by atoms with Crippen molar-refractivity contribution >= 4 is 27.2 Å². The van der Waals surface area contributed by atoms with E-state index in [0.29, 0.717) is 5.82 Å². The van der Waals surface area contributed by atoms with Gasteiger partial charge in [0.1, 0.15) is 0 Å². The molecule has 3 heterocycles. The largest absolute Gasteiger partial charge is 0.231 e. The van der Waals surface area contributed by atoms with E-state index in [9.17, 15) is 0 Å². The van der Waals surface area contributed by atoms with Crippen LogP contribution in [-0.2, 0) is 0 Å². The van der Waals surface area contributed by atoms with Crippen molar-refractivity contribution in [1.82, 2.24) is 19.6 Å². The molecule has 276 valence electrons. The van der Waals surface area contributed by atoms with Crippen molar-refractivity contribution in [3.8, 4) is 78.4 Å². The highest BCUT2D eigenvalue weighted by atomic mass is 15.2. The summed E-state index contributed by atoms with van der Waals surface area (Å²) >= 11 is 0. The lowest BCUT2D eigenvalue weighted by molar-refractivity contribution is 0.976. The van der Waals surface area contributed by atoms with E-state index in [0.717, 1.165) is 99.8 Å². The van der Waals surface area contributed by atoms with E-state index < -0.39 is 0 Å². The summed E-state index contributed by atoms with van der Waals surface area (Å²) in [7, 11) is 0. The molecule has 59 heavy (non-hydrogen) atoms. The van der Waals surface area contributed by atoms with Crippen LogP contribution >= 0.6 is 0 Å². The molecule has 0 spiro atoms. The molecule has 3 aromatic heterocycles. The van der Waals surface area contributed by atoms with Gasteiger partial charge in [-0.2, -0.15) is 5.10 Å². The van der Waals surface area contributed by atoms with Crippen LogP contribution in [0, 0.1) is 0 Å². The van der Waals surface area contributed by atoms with E-state index in [1.165, 1.54) is 0 Å². The topological polar surface area (TPSA) is 43.1 Å². The third kappa shape index (κ3) is 6.15. The zero-order valence-electron chi connectivity index (χ0n) is 32.1. The van der Waals surface area contributed by atoms with E-state index in [2.05, 4.69) is 217 Å². The molecule has 0 aliphatic heterocycles. The maximum absolute atomic E-state index is 5.45. The van der Waals surface area contributed by atoms with Gasteiger partial charge in [-0.25, -0.2) is 14.5 Å². The molecule has 11 aromatic rings. The van der Waals surface area contributed by atoms with E-state index in [4.69, 9.17) is 15.1 Å². The van der Waals surface area contributed by atoms with E-state index >= 15 is 0 Å². The van der Waals surface area contributed by atoms with E-state index in [-0.39, 0.29) is 0 Å². The molecule has 0 saturated carbocycles. The van der Waals surface area contributed by atoms with Gasteiger partial charge in [0, 0.05) is 38.6 Å². The minimum atomic E-state index is 0.670. The normalized spacial score (nSPS) is 11.4. The summed E-state index contributed by atoms with van der Waals surface area (Å²) in [5.41, 5.74) is 16.0. The van der Waals surface area contributed by atoms with Gasteiger partial charge in [-0.05, 0) is 69.1 Å². The van der Waals surface area contributed by atoms with Gasteiger partial charge in [0.25, 0.3) is 0 Å². The zero-order chi connectivity index (χ0) is 39.1. The monoisotopic (exact) mass is 752 g/mol. The molecule has 0 aliphatic carbocycles. The minimum Gasteiger partial charge on any atom is -0.231 e. The van der Waals surface area contributed by atoms with Crippen molar-refractivity contribution in [1.29, 1.82) is 0 Å². The fourth-order valence-corrected chi connectivity index (χ4v) is 8.50. The maximum Gasteiger partial charge on any atom is 0.160 e. The van der Waals surface area contributed by atoms with Crippen molar-refractivity contribution in [3.63, 3.8) is 0 Å². The highest BCUT2D eigenvalue weighted by molar-refractivity contribution is 6.13. The molecule has 0 radical (unpaired) electrons. The van der Waals surface area contributed by atoms with E-state index in [1.54, 1.807) is 0 Å². The molecule has 4 nitrogen and oxygen atoms in total. The average Bonchev–Trinajstić information content (AvgIpc) is 3.77. The lowest BCUT2D eigenvalue weighted by Gasteiger charge is -2.18. The average molecular weight is 753 g/mol. The molecule has 0 amide bonds. The third-order valence-corrected chi connectivity index (χ3v) is 11.2. The molecule has 11 rings (SSSR count). The number of pyridine rings is 1. The second-order valence-corrected chi connectivity index (χ2v) is 14.8. The summed E-state index contributed by atoms with van der Waals surface area (Å²) in [4.78, 5) is 10.7. The van der Waals surface area contributed by atoms with Crippen molar-refractivity contribution in [2.75, 3.05) is 0 Å². The van der Waals surface area contributed by atoms with Gasteiger partial charge >= 0.3 is 0 Å². The molecule has 0 fully saturated rings. The Morgan fingerprint density at radius 2 is 0.831 bits per heavy atom. The van der Waals surface area contributed by atoms with Crippen LogP contribution in [0.4, 0.5) is 0 Å². The first-order valence-electron chi connectivity index (χ1n) is 19.9. The van der Waals surface area contributed by atoms with Crippen LogP contribution in [0.5, 0.6) is 0 Å². The number of hydrogen-bond acceptors (Lipinski definition) is 3. The number of para-hydroxylation sites is 1. The Morgan fingerprint density at radius 3 is 1.49 bits per heavy atom. The first kappa shape index (κ1) is 34.3. The number of rotatable bonds is 7. The fourth-order valence-electron chi connectivity index (χ4n) is 8.50. The molecule has 0 aliphatic rings. The number of nitrogens with zero attached hydrogens (tertiary/aromatic N) is 4. The Kier molecular flexibility index (Phi) is 8.45. The fraction of sp³-hybridized carbons (Fsp3) is 0. The molecule has 0 atom stereocenters. The van der Waals surface area contributed by atoms with Crippen LogP contribution < -0.4 is 0 Å². The SMILES string of the molecule is c1ccc(-c2cc(-c3ccccc3)cc(-c3nc(-c4cccc(-c5c(-c6ccccc6)n6ncc(-c7ccccc7)c6c6ccccc56)c4)nc4ccccc34)c2)cc1. The lowest BCUT2D eigenvalue weighted by atomic mass is 9.91. The minimum absolute atomic E-state index is 0.670. The van der Waals surface area contributed by atoms with Gasteiger partial charge in [-0.3, -0.25) is 0 Å². The predicted molar refractivity (Wildman–Crippen MR) is 244 cm³/mol. The summed E-state index contributed by atoms with van der Waals surface area (Å²) in [5.74, 6) is 0.670. The molecule has 4 heteroatoms. The van der Waals surface area contributed by atoms with E-state index in [1.807, 2.05) is 6.20 Å². The summed E-state index contributed by atoms with van der Waals surface area (Å²) in [6.45, 7) is 0. The summed E-state index contributed by atoms with van der Waals surface area (Å²) < 4.78 is 2.14. The molecule has 0 saturated heterocycles. The summed E-state index contributed by atoms with van der Waals surface area (Å²) in [6, 6.07) is 74.8. The molecule has 0 bridgehead atoms. The van der Waals surface area contributed by atoms with Gasteiger partial charge in [-0.15, -0.1) is 0 Å². The van der Waals surface area contributed by atoms with Crippen LogP contribution in [0.3, 0.4) is 0 Å². The van der Waals surface area contributed by atoms with Gasteiger partial charge in [0.15, 0.2) is 5.82 Å². The zero-order valence-corrected chi connectivity index (χ0v) is 32.1. The Morgan fingerprint density at radius 1 is 0.339 bits per heavy atom. The smallest absolute Gasteiger partial charge is 0.160 e. The highest BCUT2D eigenvalue weighted by Crippen LogP contribution is 2.44. The van der Waals surface area contributed by atoms with Crippen molar-refractivity contribution in [2.24, 2.45) is 0 Å². The van der Waals surface area contributed by atoms with Crippen LogP contribution in [0.25, 0.3) is 106 Å². The second kappa shape index (κ2) is 14.5. The standard InChI is InChI=1S/C55H36N4/c1-5-18-37(19-6-1)43-33-44(38-20-7-2-8-21-38)35-45(34-43)52-48-30-15-16-31-50(48)57-55(58-52)42-27-17-26-41(32-42)51-46-28-13-14-29-47(46)54-49(39-22-9-3-10-23-39)36-56-59(54)53(51)40-24-11-4-12-25-40/h1-36H. The van der Waals surface area contributed by atoms with Gasteiger partial charge in [0.2, 0.25) is 0 Å². The number of fused-ring (bicyclic) bond motifs is 4. The number of benzene rings is 8. The summed E-state index contributed by atoms with van der Waals surface area (Å²) in [5, 5.41) is 8.42. The molecule has 0 N–H and O–H groups in total. The third-order valence-electron chi connectivity index (χ3n) is 11.2. The van der Waals surface area contributed by atoms with Gasteiger partial charge in [0.05, 0.1) is 28.6 Å². The summed E-state index contributed by atoms with van der Waals surface area (Å²) in [6.07, 6.45) is 2.00. The second-order valence-electron chi connectivity index (χ2n) is 14.8. The van der Waals surface area contributed by atoms with Crippen molar-refractivity contribution in [3.05, 3.63) is 219 Å². The highest BCUT2D eigenvalue weighted by Gasteiger charge is 2.22. The van der Waals surface area contributed by atoms with Crippen LogP contribution in [0.1, 0.15) is 0 Å². The van der Waals surface area contributed by atoms with Crippen molar-refractivity contribution in [2.45, 2.75) is 0 Å². The Balaban J connectivity index is 1.14. The number of aromatic nitrogens is 4. The molecular weight excluding hydrogens is 717 g/mol. The molecule has 0 unspecified atom stereocenters. The molecule has 8 aromatic carbocycles. The first-order valence-corrected chi connectivity index (χ1v) is 19.9. The van der Waals surface area contributed by atoms with Crippen LogP contribution in [0.15, 0.2) is 219 Å². The Labute approximate surface area is 342 Å². The van der Waals surface area contributed by atoms with Gasteiger partial charge in [-0.1, -0.05) is 182 Å². The molecular formula is C55H36N4. The Bertz CT molecular complexity index is 3240. The quantitative estimate of drug-likeness (QED) is 0.163. The van der Waals surface area contributed by atoms with Gasteiger partial charge < -0.3 is 0 Å². The lowest BCUT2D eigenvalue weighted by Crippen LogP contribution is -2.00. The first-order chi connectivity index (χ1) is 29.3.